The number of aromatic nitrogens is 2. The zero-order chi connectivity index (χ0) is 33.8. The van der Waals surface area contributed by atoms with Crippen molar-refractivity contribution in [3.05, 3.63) is 174 Å². The molecule has 9 aromatic rings. The molecule has 50 heavy (non-hydrogen) atoms. The van der Waals surface area contributed by atoms with Crippen molar-refractivity contribution in [2.45, 2.75) is 0 Å². The summed E-state index contributed by atoms with van der Waals surface area (Å²) in [6, 6.07) is 55.8. The van der Waals surface area contributed by atoms with Gasteiger partial charge < -0.3 is 9.13 Å². The summed E-state index contributed by atoms with van der Waals surface area (Å²) in [6.07, 6.45) is 0. The molecule has 0 amide bonds. The largest absolute Gasteiger partial charge is 0.309 e. The van der Waals surface area contributed by atoms with Crippen LogP contribution < -0.4 is 0 Å². The summed E-state index contributed by atoms with van der Waals surface area (Å²) in [5.74, 6) is 0. The average molecular weight is 636 g/mol. The van der Waals surface area contributed by atoms with Crippen molar-refractivity contribution in [2.24, 2.45) is 0 Å². The Bertz CT molecular complexity index is 2920. The van der Waals surface area contributed by atoms with Crippen LogP contribution in [-0.2, 0) is 0 Å². The lowest BCUT2D eigenvalue weighted by Gasteiger charge is -2.18. The van der Waals surface area contributed by atoms with Gasteiger partial charge in [0.2, 0.25) is 0 Å². The molecule has 0 N–H and O–H groups in total. The second-order valence-electron chi connectivity index (χ2n) is 12.3. The number of nitrogens with zero attached hydrogens (tertiary/aromatic N) is 5. The first kappa shape index (κ1) is 28.8. The van der Waals surface area contributed by atoms with E-state index in [1.54, 1.807) is 12.1 Å². The summed E-state index contributed by atoms with van der Waals surface area (Å²) in [7, 11) is 0. The third kappa shape index (κ3) is 4.31. The monoisotopic (exact) mass is 635 g/mol. The maximum atomic E-state index is 10.4. The van der Waals surface area contributed by atoms with Gasteiger partial charge in [-0.25, -0.2) is 4.85 Å². The highest BCUT2D eigenvalue weighted by Gasteiger charge is 2.20. The molecule has 0 aliphatic rings. The highest BCUT2D eigenvalue weighted by molar-refractivity contribution is 6.11. The van der Waals surface area contributed by atoms with Crippen molar-refractivity contribution in [3.63, 3.8) is 0 Å². The Morgan fingerprint density at radius 2 is 1.08 bits per heavy atom. The Balaban J connectivity index is 1.29. The molecule has 0 unspecified atom stereocenters. The molecule has 5 heteroatoms. The van der Waals surface area contributed by atoms with Gasteiger partial charge in [-0.15, -0.1) is 0 Å². The minimum absolute atomic E-state index is 0.503. The lowest BCUT2D eigenvalue weighted by molar-refractivity contribution is 1.17. The number of para-hydroxylation sites is 3. The molecular formula is C45H25N5. The van der Waals surface area contributed by atoms with Crippen LogP contribution in [0, 0.1) is 29.2 Å². The molecule has 0 fully saturated rings. The Labute approximate surface area is 288 Å². The van der Waals surface area contributed by atoms with Crippen LogP contribution in [0.4, 0.5) is 5.69 Å². The quantitative estimate of drug-likeness (QED) is 0.181. The summed E-state index contributed by atoms with van der Waals surface area (Å²) in [5.41, 5.74) is 11.4. The van der Waals surface area contributed by atoms with Crippen molar-refractivity contribution in [3.8, 4) is 45.8 Å². The second kappa shape index (κ2) is 11.4. The summed E-state index contributed by atoms with van der Waals surface area (Å²) in [4.78, 5) is 3.70. The van der Waals surface area contributed by atoms with E-state index in [9.17, 15) is 10.5 Å². The van der Waals surface area contributed by atoms with E-state index in [1.165, 1.54) is 10.8 Å². The topological polar surface area (TPSA) is 61.8 Å². The molecule has 7 aromatic carbocycles. The van der Waals surface area contributed by atoms with Crippen molar-refractivity contribution < 1.29 is 0 Å². The number of benzene rings is 7. The maximum absolute atomic E-state index is 10.4. The molecule has 0 aliphatic carbocycles. The Morgan fingerprint density at radius 1 is 0.460 bits per heavy atom. The predicted octanol–water partition coefficient (Wildman–Crippen LogP) is 11.5. The van der Waals surface area contributed by atoms with Crippen molar-refractivity contribution in [2.75, 3.05) is 0 Å². The van der Waals surface area contributed by atoms with Gasteiger partial charge in [0.05, 0.1) is 51.7 Å². The molecule has 230 valence electrons. The highest BCUT2D eigenvalue weighted by atomic mass is 15.0. The van der Waals surface area contributed by atoms with E-state index < -0.39 is 0 Å². The first-order valence-corrected chi connectivity index (χ1v) is 16.3. The molecule has 2 heterocycles. The summed E-state index contributed by atoms with van der Waals surface area (Å²) in [6.45, 7) is 7.70. The molecule has 9 rings (SSSR count). The van der Waals surface area contributed by atoms with Gasteiger partial charge in [0, 0.05) is 32.6 Å². The van der Waals surface area contributed by atoms with Gasteiger partial charge in [-0.05, 0) is 71.3 Å². The molecule has 0 radical (unpaired) electrons. The van der Waals surface area contributed by atoms with E-state index in [0.717, 1.165) is 60.8 Å². The van der Waals surface area contributed by atoms with Crippen LogP contribution in [0.15, 0.2) is 152 Å². The number of hydrogen-bond acceptors (Lipinski definition) is 2. The van der Waals surface area contributed by atoms with Gasteiger partial charge in [-0.3, -0.25) is 0 Å². The maximum Gasteiger partial charge on any atom is 0.189 e. The zero-order valence-corrected chi connectivity index (χ0v) is 26.7. The van der Waals surface area contributed by atoms with Crippen LogP contribution in [0.2, 0.25) is 0 Å². The third-order valence-electron chi connectivity index (χ3n) is 9.62. The molecule has 5 nitrogen and oxygen atoms in total. The normalized spacial score (nSPS) is 11.1. The fourth-order valence-electron chi connectivity index (χ4n) is 7.43. The molecule has 0 atom stereocenters. The van der Waals surface area contributed by atoms with Gasteiger partial charge in [-0.2, -0.15) is 10.5 Å². The molecule has 0 aliphatic heterocycles. The average Bonchev–Trinajstić information content (AvgIpc) is 3.69. The number of rotatable bonds is 4. The van der Waals surface area contributed by atoms with Crippen LogP contribution in [0.1, 0.15) is 11.1 Å². The van der Waals surface area contributed by atoms with Crippen molar-refractivity contribution >= 4 is 49.3 Å². The van der Waals surface area contributed by atoms with E-state index in [1.807, 2.05) is 42.5 Å². The van der Waals surface area contributed by atoms with E-state index >= 15 is 0 Å². The fraction of sp³-hybridized carbons (Fsp3) is 0. The first-order chi connectivity index (χ1) is 24.7. The van der Waals surface area contributed by atoms with Crippen LogP contribution in [0.3, 0.4) is 0 Å². The van der Waals surface area contributed by atoms with Crippen LogP contribution in [-0.4, -0.2) is 9.13 Å². The van der Waals surface area contributed by atoms with Gasteiger partial charge in [0.15, 0.2) is 5.69 Å². The summed E-state index contributed by atoms with van der Waals surface area (Å²) < 4.78 is 4.40. The molecule has 2 aromatic heterocycles. The molecule has 0 spiro atoms. The van der Waals surface area contributed by atoms with E-state index in [2.05, 4.69) is 123 Å². The molecule has 0 saturated carbocycles. The van der Waals surface area contributed by atoms with E-state index in [-0.39, 0.29) is 0 Å². The fourth-order valence-corrected chi connectivity index (χ4v) is 7.43. The SMILES string of the molecule is [C-]#[N+]c1ccc2c3cc(C#N)ccc3n(-c3cc(-c4ccccc4-c4ccccc4-n4c5ccccc5c5ccccc54)ccc3C#N)c2c1. The number of hydrogen-bond donors (Lipinski definition) is 0. The summed E-state index contributed by atoms with van der Waals surface area (Å²) in [5, 5.41) is 24.3. The first-order valence-electron chi connectivity index (χ1n) is 16.3. The highest BCUT2D eigenvalue weighted by Crippen LogP contribution is 2.41. The Kier molecular flexibility index (Phi) is 6.56. The lowest BCUT2D eigenvalue weighted by atomic mass is 9.92. The Morgan fingerprint density at radius 3 is 1.80 bits per heavy atom. The minimum atomic E-state index is 0.503. The summed E-state index contributed by atoms with van der Waals surface area (Å²) >= 11 is 0. The van der Waals surface area contributed by atoms with Crippen molar-refractivity contribution in [1.29, 1.82) is 10.5 Å². The standard InChI is InChI=1S/C45H25N5/c1-48-32-21-22-38-39-24-29(27-46)18-23-43(39)50(45(38)26-32)44-25-30(19-20-31(44)28-47)33-10-2-3-11-34(33)35-12-4-7-15-40(35)49-41-16-8-5-13-36(41)37-14-6-9-17-42(37)49/h2-26H. The van der Waals surface area contributed by atoms with Crippen LogP contribution in [0.25, 0.3) is 82.1 Å². The van der Waals surface area contributed by atoms with Crippen LogP contribution in [0.5, 0.6) is 0 Å². The molecule has 0 saturated heterocycles. The van der Waals surface area contributed by atoms with Gasteiger partial charge >= 0.3 is 0 Å². The van der Waals surface area contributed by atoms with Gasteiger partial charge in [0.1, 0.15) is 6.07 Å². The zero-order valence-electron chi connectivity index (χ0n) is 26.7. The van der Waals surface area contributed by atoms with E-state index in [4.69, 9.17) is 6.57 Å². The smallest absolute Gasteiger partial charge is 0.189 e. The molecular weight excluding hydrogens is 611 g/mol. The third-order valence-corrected chi connectivity index (χ3v) is 9.62. The van der Waals surface area contributed by atoms with Crippen molar-refractivity contribution in [1.82, 2.24) is 9.13 Å². The van der Waals surface area contributed by atoms with Gasteiger partial charge in [-0.1, -0.05) is 97.1 Å². The lowest BCUT2D eigenvalue weighted by Crippen LogP contribution is -2.00. The second-order valence-corrected chi connectivity index (χ2v) is 12.3. The predicted molar refractivity (Wildman–Crippen MR) is 202 cm³/mol. The van der Waals surface area contributed by atoms with Crippen LogP contribution >= 0.6 is 0 Å². The number of nitriles is 2. The number of fused-ring (bicyclic) bond motifs is 6. The minimum Gasteiger partial charge on any atom is -0.309 e. The Hall–Kier alpha value is -7.39. The molecule has 0 bridgehead atoms. The van der Waals surface area contributed by atoms with Gasteiger partial charge in [0.25, 0.3) is 0 Å². The van der Waals surface area contributed by atoms with E-state index in [0.29, 0.717) is 22.5 Å².